The molecule has 4 N–H and O–H groups in total. The molecule has 0 aromatic heterocycles. The highest BCUT2D eigenvalue weighted by Crippen LogP contribution is 2.32. The van der Waals surface area contributed by atoms with Crippen molar-refractivity contribution in [2.75, 3.05) is 13.7 Å². The van der Waals surface area contributed by atoms with E-state index >= 15 is 0 Å². The number of benzene rings is 3. The molecule has 3 aromatic rings. The van der Waals surface area contributed by atoms with Gasteiger partial charge in [-0.25, -0.2) is 4.79 Å². The maximum atomic E-state index is 12.6. The third-order valence-electron chi connectivity index (χ3n) is 5.56. The monoisotopic (exact) mass is 516 g/mol. The van der Waals surface area contributed by atoms with Crippen LogP contribution in [0.25, 0.3) is 12.2 Å². The molecular formula is C30H28O8. The molecule has 0 bridgehead atoms. The molecule has 0 aliphatic rings. The van der Waals surface area contributed by atoms with Gasteiger partial charge in [-0.3, -0.25) is 4.79 Å². The number of carbonyl (C=O) groups excluding carboxylic acids is 2. The second-order valence-electron chi connectivity index (χ2n) is 8.38. The van der Waals surface area contributed by atoms with Crippen molar-refractivity contribution in [1.29, 1.82) is 0 Å². The van der Waals surface area contributed by atoms with Crippen LogP contribution >= 0.6 is 0 Å². The lowest BCUT2D eigenvalue weighted by molar-refractivity contribution is -0.136. The number of methoxy groups -OCH3 is 1. The van der Waals surface area contributed by atoms with Gasteiger partial charge in [0, 0.05) is 11.6 Å². The van der Waals surface area contributed by atoms with Crippen LogP contribution in [0.3, 0.4) is 0 Å². The second kappa shape index (κ2) is 12.8. The van der Waals surface area contributed by atoms with E-state index in [9.17, 15) is 30.0 Å². The van der Waals surface area contributed by atoms with Gasteiger partial charge in [0.25, 0.3) is 0 Å². The summed E-state index contributed by atoms with van der Waals surface area (Å²) in [4.78, 5) is 24.7. The largest absolute Gasteiger partial charge is 0.508 e. The van der Waals surface area contributed by atoms with E-state index in [-0.39, 0.29) is 52.9 Å². The van der Waals surface area contributed by atoms with Crippen LogP contribution in [-0.2, 0) is 16.0 Å². The number of phenols is 4. The van der Waals surface area contributed by atoms with Crippen LogP contribution in [0.1, 0.15) is 34.0 Å². The molecule has 8 nitrogen and oxygen atoms in total. The van der Waals surface area contributed by atoms with Crippen LogP contribution in [0.2, 0.25) is 0 Å². The Morgan fingerprint density at radius 3 is 2.21 bits per heavy atom. The normalized spacial score (nSPS) is 11.7. The van der Waals surface area contributed by atoms with Crippen LogP contribution in [0, 0.1) is 0 Å². The molecule has 0 aliphatic carbocycles. The smallest absolute Gasteiger partial charge is 0.331 e. The molecule has 0 fully saturated rings. The molecule has 38 heavy (non-hydrogen) atoms. The van der Waals surface area contributed by atoms with Gasteiger partial charge >= 0.3 is 5.97 Å². The summed E-state index contributed by atoms with van der Waals surface area (Å²) in [6.45, 7) is 1.71. The highest BCUT2D eigenvalue weighted by atomic mass is 16.5. The van der Waals surface area contributed by atoms with Crippen molar-refractivity contribution in [2.24, 2.45) is 0 Å². The topological polar surface area (TPSA) is 134 Å². The minimum absolute atomic E-state index is 0.00879. The van der Waals surface area contributed by atoms with Crippen molar-refractivity contribution in [3.05, 3.63) is 101 Å². The summed E-state index contributed by atoms with van der Waals surface area (Å²) in [6, 6.07) is 13.6. The number of hydrogen-bond donors (Lipinski definition) is 4. The summed E-state index contributed by atoms with van der Waals surface area (Å²) < 4.78 is 10.3. The zero-order chi connectivity index (χ0) is 27.7. The van der Waals surface area contributed by atoms with E-state index in [2.05, 4.69) is 0 Å². The first-order valence-corrected chi connectivity index (χ1v) is 11.6. The van der Waals surface area contributed by atoms with E-state index in [1.54, 1.807) is 43.3 Å². The number of allylic oxidation sites excluding steroid dienone is 2. The molecule has 0 spiro atoms. The third kappa shape index (κ3) is 7.51. The number of phenolic OH excluding ortho intramolecular Hbond substituents is 4. The van der Waals surface area contributed by atoms with Gasteiger partial charge in [-0.1, -0.05) is 30.4 Å². The first-order chi connectivity index (χ1) is 18.2. The molecule has 0 heterocycles. The Labute approximate surface area is 220 Å². The molecule has 0 aliphatic heterocycles. The number of rotatable bonds is 10. The van der Waals surface area contributed by atoms with E-state index in [0.29, 0.717) is 16.7 Å². The van der Waals surface area contributed by atoms with Crippen molar-refractivity contribution in [3.63, 3.8) is 0 Å². The summed E-state index contributed by atoms with van der Waals surface area (Å²) in [6.07, 6.45) is 7.41. The Balaban J connectivity index is 1.61. The molecule has 0 saturated heterocycles. The Morgan fingerprint density at radius 1 is 0.842 bits per heavy atom. The summed E-state index contributed by atoms with van der Waals surface area (Å²) >= 11 is 0. The molecule has 0 unspecified atom stereocenters. The molecular weight excluding hydrogens is 488 g/mol. The van der Waals surface area contributed by atoms with E-state index in [1.165, 1.54) is 55.7 Å². The lowest BCUT2D eigenvalue weighted by Gasteiger charge is -2.09. The fraction of sp³-hybridized carbons (Fsp3) is 0.133. The predicted molar refractivity (Wildman–Crippen MR) is 143 cm³/mol. The Hall–Kier alpha value is -4.98. The van der Waals surface area contributed by atoms with Crippen molar-refractivity contribution in [2.45, 2.75) is 13.3 Å². The lowest BCUT2D eigenvalue weighted by atomic mass is 10.0. The third-order valence-corrected chi connectivity index (χ3v) is 5.56. The molecule has 0 radical (unpaired) electrons. The van der Waals surface area contributed by atoms with E-state index in [1.807, 2.05) is 0 Å². The fourth-order valence-corrected chi connectivity index (χ4v) is 3.40. The second-order valence-corrected chi connectivity index (χ2v) is 8.38. The number of esters is 1. The van der Waals surface area contributed by atoms with Crippen molar-refractivity contribution >= 4 is 23.9 Å². The van der Waals surface area contributed by atoms with Crippen molar-refractivity contribution in [3.8, 4) is 28.7 Å². The Kier molecular flexibility index (Phi) is 9.31. The van der Waals surface area contributed by atoms with Gasteiger partial charge in [-0.2, -0.15) is 0 Å². The fourth-order valence-electron chi connectivity index (χ4n) is 3.40. The standard InChI is InChI=1S/C30H28O8/c1-19(18-38-29(35)16-8-21-7-14-27(34)28(17-21)37-2)3-11-23-26(33)15-12-24(30(23)36)25(32)13-6-20-4-9-22(31)10-5-20/h3-10,12-17,31,33-34,36H,11,18H2,1-2H3/b13-6+,16-8+,19-3-. The molecule has 3 rings (SSSR count). The van der Waals surface area contributed by atoms with E-state index in [0.717, 1.165) is 0 Å². The molecule has 0 atom stereocenters. The molecule has 0 saturated carbocycles. The average Bonchev–Trinajstić information content (AvgIpc) is 2.90. The summed E-state index contributed by atoms with van der Waals surface area (Å²) in [7, 11) is 1.43. The van der Waals surface area contributed by atoms with Crippen molar-refractivity contribution < 1.29 is 39.5 Å². The number of hydrogen-bond acceptors (Lipinski definition) is 8. The quantitative estimate of drug-likeness (QED) is 0.126. The number of aromatic hydroxyl groups is 4. The van der Waals surface area contributed by atoms with E-state index < -0.39 is 11.8 Å². The minimum Gasteiger partial charge on any atom is -0.508 e. The van der Waals surface area contributed by atoms with Gasteiger partial charge in [0.2, 0.25) is 0 Å². The summed E-state index contributed by atoms with van der Waals surface area (Å²) in [5.41, 5.74) is 2.20. The van der Waals surface area contributed by atoms with Gasteiger partial charge in [-0.15, -0.1) is 0 Å². The van der Waals surface area contributed by atoms with Gasteiger partial charge in [0.15, 0.2) is 17.3 Å². The van der Waals surface area contributed by atoms with Gasteiger partial charge < -0.3 is 29.9 Å². The molecule has 196 valence electrons. The molecule has 3 aromatic carbocycles. The zero-order valence-electron chi connectivity index (χ0n) is 20.9. The maximum Gasteiger partial charge on any atom is 0.331 e. The molecule has 0 amide bonds. The van der Waals surface area contributed by atoms with Crippen LogP contribution in [0.4, 0.5) is 0 Å². The average molecular weight is 517 g/mol. The van der Waals surface area contributed by atoms with Crippen LogP contribution < -0.4 is 4.74 Å². The number of ether oxygens (including phenoxy) is 2. The Morgan fingerprint density at radius 2 is 1.50 bits per heavy atom. The van der Waals surface area contributed by atoms with Crippen LogP contribution in [0.15, 0.2) is 78.4 Å². The van der Waals surface area contributed by atoms with Crippen molar-refractivity contribution in [1.82, 2.24) is 0 Å². The Bertz CT molecular complexity index is 1400. The highest BCUT2D eigenvalue weighted by molar-refractivity contribution is 6.09. The predicted octanol–water partition coefficient (Wildman–Crippen LogP) is 5.16. The minimum atomic E-state index is -0.580. The number of ketones is 1. The van der Waals surface area contributed by atoms with Crippen LogP contribution in [0.5, 0.6) is 28.7 Å². The highest BCUT2D eigenvalue weighted by Gasteiger charge is 2.15. The summed E-state index contributed by atoms with van der Waals surface area (Å²) in [5.74, 6) is -1.16. The summed E-state index contributed by atoms with van der Waals surface area (Å²) in [5, 5.41) is 39.9. The first-order valence-electron chi connectivity index (χ1n) is 11.6. The lowest BCUT2D eigenvalue weighted by Crippen LogP contribution is -2.03. The number of carbonyl (C=O) groups is 2. The molecule has 8 heteroatoms. The SMILES string of the molecule is COc1cc(/C=C/C(=O)OC/C(C)=C\Cc2c(O)ccc(C(=O)/C=C/c3ccc(O)cc3)c2O)ccc1O. The first kappa shape index (κ1) is 27.6. The van der Waals surface area contributed by atoms with Gasteiger partial charge in [0.1, 0.15) is 23.9 Å². The van der Waals surface area contributed by atoms with Crippen LogP contribution in [-0.4, -0.2) is 45.9 Å². The zero-order valence-corrected chi connectivity index (χ0v) is 20.9. The van der Waals surface area contributed by atoms with Gasteiger partial charge in [-0.05, 0) is 78.6 Å². The van der Waals surface area contributed by atoms with Gasteiger partial charge in [0.05, 0.1) is 12.7 Å². The van der Waals surface area contributed by atoms with E-state index in [4.69, 9.17) is 9.47 Å². The maximum absolute atomic E-state index is 12.6.